The van der Waals surface area contributed by atoms with Gasteiger partial charge in [0.2, 0.25) is 10.0 Å². The third kappa shape index (κ3) is 3.05. The van der Waals surface area contributed by atoms with Crippen LogP contribution in [0.5, 0.6) is 0 Å². The third-order valence-corrected chi connectivity index (χ3v) is 5.60. The van der Waals surface area contributed by atoms with Crippen LogP contribution in [0.15, 0.2) is 46.9 Å². The number of hydrogen-bond acceptors (Lipinski definition) is 6. The maximum absolute atomic E-state index is 11.3. The van der Waals surface area contributed by atoms with Gasteiger partial charge < -0.3 is 4.90 Å². The molecule has 120 valence electrons. The van der Waals surface area contributed by atoms with Gasteiger partial charge >= 0.3 is 0 Å². The zero-order valence-corrected chi connectivity index (χ0v) is 14.3. The van der Waals surface area contributed by atoms with Crippen LogP contribution in [0.4, 0.5) is 5.82 Å². The van der Waals surface area contributed by atoms with Gasteiger partial charge in [0.25, 0.3) is 0 Å². The molecule has 0 radical (unpaired) electrons. The third-order valence-electron chi connectivity index (χ3n) is 3.85. The van der Waals surface area contributed by atoms with Gasteiger partial charge in [-0.3, -0.25) is 0 Å². The van der Waals surface area contributed by atoms with E-state index < -0.39 is 10.0 Å². The van der Waals surface area contributed by atoms with Crippen LogP contribution >= 0.6 is 11.3 Å². The molecule has 0 aliphatic carbocycles. The van der Waals surface area contributed by atoms with Crippen molar-refractivity contribution in [2.24, 2.45) is 5.14 Å². The quantitative estimate of drug-likeness (QED) is 0.782. The Labute approximate surface area is 138 Å². The van der Waals surface area contributed by atoms with Gasteiger partial charge in [0.15, 0.2) is 0 Å². The average molecular weight is 348 g/mol. The number of anilines is 1. The highest BCUT2D eigenvalue weighted by Crippen LogP contribution is 2.31. The predicted molar refractivity (Wildman–Crippen MR) is 92.0 cm³/mol. The van der Waals surface area contributed by atoms with Crippen molar-refractivity contribution in [3.05, 3.63) is 47.6 Å². The molecule has 3 aromatic rings. The van der Waals surface area contributed by atoms with Gasteiger partial charge in [-0.05, 0) is 36.1 Å². The normalized spacial score (nSPS) is 13.2. The molecule has 6 nitrogen and oxygen atoms in total. The van der Waals surface area contributed by atoms with Crippen LogP contribution in [-0.4, -0.2) is 25.4 Å². The first-order valence-electron chi connectivity index (χ1n) is 6.92. The first-order chi connectivity index (χ1) is 10.9. The summed E-state index contributed by atoms with van der Waals surface area (Å²) in [4.78, 5) is 11.7. The Morgan fingerprint density at radius 3 is 2.52 bits per heavy atom. The van der Waals surface area contributed by atoms with Crippen molar-refractivity contribution in [1.82, 2.24) is 9.97 Å². The van der Waals surface area contributed by atoms with E-state index in [1.54, 1.807) is 29.8 Å². The van der Waals surface area contributed by atoms with E-state index in [1.165, 1.54) is 12.1 Å². The molecule has 0 amide bonds. The summed E-state index contributed by atoms with van der Waals surface area (Å²) in [6, 6.07) is 8.61. The van der Waals surface area contributed by atoms with E-state index in [-0.39, 0.29) is 10.9 Å². The molecular formula is C15H16N4O2S2. The maximum atomic E-state index is 11.3. The molecule has 0 fully saturated rings. The van der Waals surface area contributed by atoms with Crippen LogP contribution in [0.1, 0.15) is 18.5 Å². The molecule has 2 aromatic heterocycles. The second-order valence-corrected chi connectivity index (χ2v) is 7.69. The fourth-order valence-corrected chi connectivity index (χ4v) is 3.64. The number of aromatic nitrogens is 2. The maximum Gasteiger partial charge on any atom is 0.238 e. The topological polar surface area (TPSA) is 89.2 Å². The van der Waals surface area contributed by atoms with Crippen LogP contribution in [0.25, 0.3) is 10.2 Å². The Hall–Kier alpha value is -2.03. The van der Waals surface area contributed by atoms with Crippen molar-refractivity contribution in [1.29, 1.82) is 0 Å². The van der Waals surface area contributed by atoms with Crippen LogP contribution in [-0.2, 0) is 10.0 Å². The van der Waals surface area contributed by atoms with Crippen molar-refractivity contribution in [2.75, 3.05) is 11.9 Å². The SMILES string of the molecule is C[C@@H](c1ccc(S(N)(=O)=O)cc1)N(C)c1ncnc2sccc12. The fraction of sp³-hybridized carbons (Fsp3) is 0.200. The summed E-state index contributed by atoms with van der Waals surface area (Å²) in [5.41, 5.74) is 0.974. The lowest BCUT2D eigenvalue weighted by Gasteiger charge is -2.26. The first kappa shape index (κ1) is 15.9. The van der Waals surface area contributed by atoms with Gasteiger partial charge in [-0.1, -0.05) is 12.1 Å². The number of rotatable bonds is 4. The number of sulfonamides is 1. The smallest absolute Gasteiger partial charge is 0.238 e. The van der Waals surface area contributed by atoms with Gasteiger partial charge in [0, 0.05) is 7.05 Å². The average Bonchev–Trinajstić information content (AvgIpc) is 3.01. The molecule has 8 heteroatoms. The fourth-order valence-electron chi connectivity index (χ4n) is 2.40. The largest absolute Gasteiger partial charge is 0.352 e. The van der Waals surface area contributed by atoms with Crippen molar-refractivity contribution in [3.63, 3.8) is 0 Å². The highest BCUT2D eigenvalue weighted by atomic mass is 32.2. The Kier molecular flexibility index (Phi) is 4.05. The van der Waals surface area contributed by atoms with E-state index in [0.717, 1.165) is 21.6 Å². The minimum Gasteiger partial charge on any atom is -0.352 e. The summed E-state index contributed by atoms with van der Waals surface area (Å²) in [5, 5.41) is 8.13. The van der Waals surface area contributed by atoms with Crippen molar-refractivity contribution < 1.29 is 8.42 Å². The zero-order valence-electron chi connectivity index (χ0n) is 12.7. The molecule has 1 aromatic carbocycles. The molecule has 2 N–H and O–H groups in total. The molecule has 0 aliphatic rings. The lowest BCUT2D eigenvalue weighted by molar-refractivity contribution is 0.597. The molecule has 1 atom stereocenters. The molecule has 0 spiro atoms. The summed E-state index contributed by atoms with van der Waals surface area (Å²) >= 11 is 1.57. The molecule has 0 saturated heterocycles. The molecule has 0 saturated carbocycles. The number of nitrogens with two attached hydrogens (primary N) is 1. The first-order valence-corrected chi connectivity index (χ1v) is 9.34. The summed E-state index contributed by atoms with van der Waals surface area (Å²) in [5.74, 6) is 0.847. The zero-order chi connectivity index (χ0) is 16.6. The van der Waals surface area contributed by atoms with Crippen LogP contribution in [0, 0.1) is 0 Å². The van der Waals surface area contributed by atoms with Gasteiger partial charge in [0.1, 0.15) is 17.0 Å². The summed E-state index contributed by atoms with van der Waals surface area (Å²) < 4.78 is 22.7. The summed E-state index contributed by atoms with van der Waals surface area (Å²) in [7, 11) is -1.72. The van der Waals surface area contributed by atoms with E-state index in [9.17, 15) is 8.42 Å². The predicted octanol–water partition coefficient (Wildman–Crippen LogP) is 2.54. The van der Waals surface area contributed by atoms with Crippen molar-refractivity contribution >= 4 is 37.4 Å². The van der Waals surface area contributed by atoms with Crippen molar-refractivity contribution in [2.45, 2.75) is 17.9 Å². The lowest BCUT2D eigenvalue weighted by atomic mass is 10.1. The number of hydrogen-bond donors (Lipinski definition) is 1. The van der Waals surface area contributed by atoms with Gasteiger partial charge in [0.05, 0.1) is 16.3 Å². The number of fused-ring (bicyclic) bond motifs is 1. The minimum atomic E-state index is -3.67. The number of primary sulfonamides is 1. The highest BCUT2D eigenvalue weighted by molar-refractivity contribution is 7.89. The molecule has 0 bridgehead atoms. The molecule has 2 heterocycles. The molecule has 0 aliphatic heterocycles. The van der Waals surface area contributed by atoms with E-state index in [1.807, 2.05) is 30.3 Å². The van der Waals surface area contributed by atoms with Crippen LogP contribution < -0.4 is 10.0 Å². The molecular weight excluding hydrogens is 332 g/mol. The molecule has 0 unspecified atom stereocenters. The summed E-state index contributed by atoms with van der Waals surface area (Å²) in [6.45, 7) is 2.03. The Morgan fingerprint density at radius 2 is 1.87 bits per heavy atom. The molecule has 23 heavy (non-hydrogen) atoms. The number of thiophene rings is 1. The van der Waals surface area contributed by atoms with E-state index in [4.69, 9.17) is 5.14 Å². The van der Waals surface area contributed by atoms with E-state index >= 15 is 0 Å². The van der Waals surface area contributed by atoms with E-state index in [0.29, 0.717) is 0 Å². The van der Waals surface area contributed by atoms with E-state index in [2.05, 4.69) is 9.97 Å². The Morgan fingerprint density at radius 1 is 1.17 bits per heavy atom. The Bertz CT molecular complexity index is 936. The lowest BCUT2D eigenvalue weighted by Crippen LogP contribution is -2.23. The van der Waals surface area contributed by atoms with Gasteiger partial charge in [-0.2, -0.15) is 0 Å². The monoisotopic (exact) mass is 348 g/mol. The van der Waals surface area contributed by atoms with Crippen LogP contribution in [0.2, 0.25) is 0 Å². The van der Waals surface area contributed by atoms with Crippen molar-refractivity contribution in [3.8, 4) is 0 Å². The summed E-state index contributed by atoms with van der Waals surface area (Å²) in [6.07, 6.45) is 1.56. The van der Waals surface area contributed by atoms with Crippen LogP contribution in [0.3, 0.4) is 0 Å². The number of benzene rings is 1. The second kappa shape index (κ2) is 5.88. The second-order valence-electron chi connectivity index (χ2n) is 5.24. The van der Waals surface area contributed by atoms with Gasteiger partial charge in [-0.25, -0.2) is 23.5 Å². The van der Waals surface area contributed by atoms with Gasteiger partial charge in [-0.15, -0.1) is 11.3 Å². The highest BCUT2D eigenvalue weighted by Gasteiger charge is 2.17. The Balaban J connectivity index is 1.93. The minimum absolute atomic E-state index is 0.0162. The standard InChI is InChI=1S/C15H16N4O2S2/c1-10(11-3-5-12(6-4-11)23(16,20)21)19(2)14-13-7-8-22-15(13)18-9-17-14/h3-10H,1-2H3,(H2,16,20,21)/t10-/m0/s1. The number of nitrogens with zero attached hydrogens (tertiary/aromatic N) is 3. The molecule has 3 rings (SSSR count).